The van der Waals surface area contributed by atoms with E-state index < -0.39 is 17.8 Å². The van der Waals surface area contributed by atoms with Gasteiger partial charge in [-0.05, 0) is 6.92 Å². The highest BCUT2D eigenvalue weighted by atomic mass is 19.4. The van der Waals surface area contributed by atoms with Crippen molar-refractivity contribution < 1.29 is 22.6 Å². The maximum Gasteiger partial charge on any atom is 0.574 e. The molecule has 0 unspecified atom stereocenters. The normalized spacial score (nSPS) is 11.3. The molecule has 1 N–H and O–H groups in total. The summed E-state index contributed by atoms with van der Waals surface area (Å²) in [6.07, 6.45) is -4.83. The third-order valence-electron chi connectivity index (χ3n) is 1.58. The fourth-order valence-electron chi connectivity index (χ4n) is 1.08. The Morgan fingerprint density at radius 2 is 2.00 bits per heavy atom. The highest BCUT2D eigenvalue weighted by molar-refractivity contribution is 5.33. The molecule has 1 rings (SSSR count). The molecule has 0 fully saturated rings. The van der Waals surface area contributed by atoms with E-state index in [1.54, 1.807) is 0 Å². The summed E-state index contributed by atoms with van der Waals surface area (Å²) in [5.74, 6) is -0.699. The number of pyridine rings is 1. The Labute approximate surface area is 82.6 Å². The standard InChI is InChI=1S/C8H8F3NO3/c1-4-3-5(15-8(9,10)11)12-7(13)6(4)14-2/h3H,1-2H3,(H,12,13). The van der Waals surface area contributed by atoms with Crippen molar-refractivity contribution in [1.29, 1.82) is 0 Å². The van der Waals surface area contributed by atoms with Crippen molar-refractivity contribution in [2.45, 2.75) is 13.3 Å². The van der Waals surface area contributed by atoms with Gasteiger partial charge in [-0.15, -0.1) is 13.2 Å². The number of alkyl halides is 3. The van der Waals surface area contributed by atoms with Crippen molar-refractivity contribution in [2.75, 3.05) is 7.11 Å². The highest BCUT2D eigenvalue weighted by Crippen LogP contribution is 2.22. The number of ether oxygens (including phenoxy) is 2. The van der Waals surface area contributed by atoms with Gasteiger partial charge in [0.15, 0.2) is 5.75 Å². The Morgan fingerprint density at radius 1 is 1.40 bits per heavy atom. The second kappa shape index (κ2) is 3.84. The zero-order chi connectivity index (χ0) is 11.6. The lowest BCUT2D eigenvalue weighted by Gasteiger charge is -2.10. The highest BCUT2D eigenvalue weighted by Gasteiger charge is 2.31. The quantitative estimate of drug-likeness (QED) is 0.828. The Bertz CT molecular complexity index is 411. The minimum Gasteiger partial charge on any atom is -0.491 e. The molecular formula is C8H8F3NO3. The molecule has 0 amide bonds. The van der Waals surface area contributed by atoms with Crippen molar-refractivity contribution >= 4 is 0 Å². The minimum absolute atomic E-state index is 0.0375. The van der Waals surface area contributed by atoms with Gasteiger partial charge in [0.25, 0.3) is 5.56 Å². The molecule has 15 heavy (non-hydrogen) atoms. The van der Waals surface area contributed by atoms with Crippen molar-refractivity contribution in [3.8, 4) is 11.6 Å². The van der Waals surface area contributed by atoms with E-state index in [4.69, 9.17) is 0 Å². The number of aromatic amines is 1. The number of halogens is 3. The van der Waals surface area contributed by atoms with Crippen LogP contribution in [-0.4, -0.2) is 18.5 Å². The van der Waals surface area contributed by atoms with Crippen LogP contribution in [0.15, 0.2) is 10.9 Å². The predicted octanol–water partition coefficient (Wildman–Crippen LogP) is 1.59. The first-order chi connectivity index (χ1) is 6.83. The van der Waals surface area contributed by atoms with Crippen LogP contribution in [0, 0.1) is 6.92 Å². The fourth-order valence-corrected chi connectivity index (χ4v) is 1.08. The summed E-state index contributed by atoms with van der Waals surface area (Å²) >= 11 is 0. The second-order valence-corrected chi connectivity index (χ2v) is 2.73. The average molecular weight is 223 g/mol. The number of aryl methyl sites for hydroxylation is 1. The number of methoxy groups -OCH3 is 1. The Morgan fingerprint density at radius 3 is 2.40 bits per heavy atom. The van der Waals surface area contributed by atoms with Crippen molar-refractivity contribution in [1.82, 2.24) is 4.98 Å². The molecule has 7 heteroatoms. The Hall–Kier alpha value is -1.66. The monoisotopic (exact) mass is 223 g/mol. The molecule has 0 aromatic carbocycles. The van der Waals surface area contributed by atoms with Crippen LogP contribution in [0.4, 0.5) is 13.2 Å². The lowest BCUT2D eigenvalue weighted by molar-refractivity contribution is -0.276. The summed E-state index contributed by atoms with van der Waals surface area (Å²) < 4.78 is 43.7. The molecule has 4 nitrogen and oxygen atoms in total. The molecular weight excluding hydrogens is 215 g/mol. The van der Waals surface area contributed by atoms with Crippen LogP contribution in [0.3, 0.4) is 0 Å². The van der Waals surface area contributed by atoms with E-state index in [1.165, 1.54) is 14.0 Å². The van der Waals surface area contributed by atoms with Crippen molar-refractivity contribution in [2.24, 2.45) is 0 Å². The van der Waals surface area contributed by atoms with Crippen LogP contribution in [0.5, 0.6) is 11.6 Å². The van der Waals surface area contributed by atoms with Gasteiger partial charge in [-0.2, -0.15) is 0 Å². The molecule has 1 heterocycles. The van der Waals surface area contributed by atoms with Gasteiger partial charge in [0.1, 0.15) is 0 Å². The molecule has 0 aliphatic rings. The van der Waals surface area contributed by atoms with Crippen molar-refractivity contribution in [3.63, 3.8) is 0 Å². The number of rotatable bonds is 2. The lowest BCUT2D eigenvalue weighted by Crippen LogP contribution is -2.21. The number of hydrogen-bond acceptors (Lipinski definition) is 3. The summed E-state index contributed by atoms with van der Waals surface area (Å²) in [5.41, 5.74) is -0.503. The van der Waals surface area contributed by atoms with Gasteiger partial charge in [0.05, 0.1) is 7.11 Å². The van der Waals surface area contributed by atoms with E-state index in [-0.39, 0.29) is 11.3 Å². The number of nitrogens with one attached hydrogen (secondary N) is 1. The van der Waals surface area contributed by atoms with E-state index in [0.717, 1.165) is 6.07 Å². The topological polar surface area (TPSA) is 51.3 Å². The van der Waals surface area contributed by atoms with Gasteiger partial charge in [0.2, 0.25) is 5.88 Å². The SMILES string of the molecule is COc1c(C)cc(OC(F)(F)F)[nH]c1=O. The van der Waals surface area contributed by atoms with Gasteiger partial charge >= 0.3 is 6.36 Å². The molecule has 1 aromatic rings. The molecule has 0 radical (unpaired) electrons. The van der Waals surface area contributed by atoms with Gasteiger partial charge in [-0.25, -0.2) is 0 Å². The maximum atomic E-state index is 11.8. The molecule has 0 spiro atoms. The van der Waals surface area contributed by atoms with Crippen LogP contribution in [-0.2, 0) is 0 Å². The number of aromatic nitrogens is 1. The van der Waals surface area contributed by atoms with E-state index in [1.807, 2.05) is 4.98 Å². The molecule has 0 aliphatic carbocycles. The molecule has 1 aromatic heterocycles. The second-order valence-electron chi connectivity index (χ2n) is 2.73. The first kappa shape index (κ1) is 11.4. The molecule has 0 saturated carbocycles. The molecule has 0 saturated heterocycles. The van der Waals surface area contributed by atoms with E-state index in [0.29, 0.717) is 0 Å². The smallest absolute Gasteiger partial charge is 0.491 e. The zero-order valence-corrected chi connectivity index (χ0v) is 7.94. The lowest BCUT2D eigenvalue weighted by atomic mass is 10.3. The van der Waals surface area contributed by atoms with Crippen LogP contribution in [0.2, 0.25) is 0 Å². The molecule has 0 aliphatic heterocycles. The molecule has 0 bridgehead atoms. The van der Waals surface area contributed by atoms with Crippen LogP contribution >= 0.6 is 0 Å². The first-order valence-electron chi connectivity index (χ1n) is 3.87. The van der Waals surface area contributed by atoms with Crippen LogP contribution < -0.4 is 15.0 Å². The largest absolute Gasteiger partial charge is 0.574 e. The molecule has 0 atom stereocenters. The summed E-state index contributed by atoms with van der Waals surface area (Å²) in [7, 11) is 1.25. The van der Waals surface area contributed by atoms with E-state index in [2.05, 4.69) is 9.47 Å². The first-order valence-corrected chi connectivity index (χ1v) is 3.87. The summed E-state index contributed by atoms with van der Waals surface area (Å²) in [6, 6.07) is 1.04. The average Bonchev–Trinajstić information content (AvgIpc) is 1.99. The summed E-state index contributed by atoms with van der Waals surface area (Å²) in [6.45, 7) is 1.44. The fraction of sp³-hybridized carbons (Fsp3) is 0.375. The van der Waals surface area contributed by atoms with E-state index in [9.17, 15) is 18.0 Å². The van der Waals surface area contributed by atoms with Crippen molar-refractivity contribution in [3.05, 3.63) is 22.0 Å². The van der Waals surface area contributed by atoms with Gasteiger partial charge in [0, 0.05) is 11.6 Å². The van der Waals surface area contributed by atoms with E-state index >= 15 is 0 Å². The Balaban J connectivity index is 3.10. The maximum absolute atomic E-state index is 11.8. The van der Waals surface area contributed by atoms with Crippen LogP contribution in [0.25, 0.3) is 0 Å². The van der Waals surface area contributed by atoms with Gasteiger partial charge in [-0.3, -0.25) is 9.78 Å². The molecule has 84 valence electrons. The van der Waals surface area contributed by atoms with Crippen LogP contribution in [0.1, 0.15) is 5.56 Å². The van der Waals surface area contributed by atoms with Gasteiger partial charge in [-0.1, -0.05) is 0 Å². The third kappa shape index (κ3) is 2.90. The Kier molecular flexibility index (Phi) is 2.92. The number of H-pyrrole nitrogens is 1. The minimum atomic E-state index is -4.83. The number of hydrogen-bond donors (Lipinski definition) is 1. The van der Waals surface area contributed by atoms with Gasteiger partial charge < -0.3 is 9.47 Å². The predicted molar refractivity (Wildman–Crippen MR) is 45.0 cm³/mol. The third-order valence-corrected chi connectivity index (χ3v) is 1.58. The summed E-state index contributed by atoms with van der Waals surface area (Å²) in [4.78, 5) is 13.1. The zero-order valence-electron chi connectivity index (χ0n) is 7.94. The summed E-state index contributed by atoms with van der Waals surface area (Å²) in [5, 5.41) is 0.